The van der Waals surface area contributed by atoms with Crippen molar-refractivity contribution in [2.75, 3.05) is 26.2 Å². The van der Waals surface area contributed by atoms with Crippen LogP contribution in [0, 0.1) is 5.92 Å². The number of benzene rings is 1. The van der Waals surface area contributed by atoms with Crippen LogP contribution in [-0.2, 0) is 0 Å². The molecule has 1 saturated heterocycles. The first-order chi connectivity index (χ1) is 10.2. The molecular formula is C18H28ClNO. The zero-order chi connectivity index (χ0) is 15.2. The van der Waals surface area contributed by atoms with Crippen molar-refractivity contribution in [3.05, 3.63) is 28.8 Å². The van der Waals surface area contributed by atoms with Crippen molar-refractivity contribution >= 4 is 11.6 Å². The Morgan fingerprint density at radius 3 is 2.57 bits per heavy atom. The van der Waals surface area contributed by atoms with Crippen molar-refractivity contribution in [1.82, 2.24) is 4.90 Å². The number of likely N-dealkylation sites (tertiary alicyclic amines) is 1. The maximum Gasteiger partial charge on any atom is 0.122 e. The summed E-state index contributed by atoms with van der Waals surface area (Å²) in [5.74, 6) is 2.13. The molecule has 0 aromatic heterocycles. The maximum atomic E-state index is 6.26. The van der Waals surface area contributed by atoms with E-state index in [0.717, 1.165) is 17.3 Å². The summed E-state index contributed by atoms with van der Waals surface area (Å²) in [6.45, 7) is 10.9. The molecule has 0 saturated carbocycles. The van der Waals surface area contributed by atoms with Gasteiger partial charge in [0.1, 0.15) is 5.75 Å². The number of hydrogen-bond acceptors (Lipinski definition) is 2. The third kappa shape index (κ3) is 4.37. The first-order valence-electron chi connectivity index (χ1n) is 8.30. The molecule has 1 fully saturated rings. The van der Waals surface area contributed by atoms with Crippen LogP contribution >= 0.6 is 11.6 Å². The molecule has 0 aliphatic carbocycles. The summed E-state index contributed by atoms with van der Waals surface area (Å²) < 4.78 is 5.85. The van der Waals surface area contributed by atoms with Gasteiger partial charge in [-0.15, -0.1) is 0 Å². The predicted octanol–water partition coefficient (Wildman–Crippen LogP) is 4.96. The molecule has 0 N–H and O–H groups in total. The molecule has 0 amide bonds. The van der Waals surface area contributed by atoms with Crippen molar-refractivity contribution in [3.63, 3.8) is 0 Å². The highest BCUT2D eigenvalue weighted by Crippen LogP contribution is 2.36. The molecule has 3 heteroatoms. The van der Waals surface area contributed by atoms with Gasteiger partial charge in [0.25, 0.3) is 0 Å². The number of rotatable bonds is 7. The normalized spacial score (nSPS) is 18.7. The first kappa shape index (κ1) is 16.6. The Hall–Kier alpha value is -0.730. The number of halogens is 1. The first-order valence-corrected chi connectivity index (χ1v) is 8.68. The fraction of sp³-hybridized carbons (Fsp3) is 0.667. The zero-order valence-electron chi connectivity index (χ0n) is 13.6. The van der Waals surface area contributed by atoms with Crippen LogP contribution in [0.4, 0.5) is 0 Å². The van der Waals surface area contributed by atoms with Crippen LogP contribution in [0.3, 0.4) is 0 Å². The summed E-state index contributed by atoms with van der Waals surface area (Å²) in [4.78, 5) is 2.59. The minimum atomic E-state index is 0.494. The monoisotopic (exact) mass is 309 g/mol. The van der Waals surface area contributed by atoms with Gasteiger partial charge in [0.2, 0.25) is 0 Å². The van der Waals surface area contributed by atoms with Gasteiger partial charge < -0.3 is 9.64 Å². The van der Waals surface area contributed by atoms with Crippen LogP contribution in [0.25, 0.3) is 0 Å². The van der Waals surface area contributed by atoms with E-state index in [4.69, 9.17) is 16.3 Å². The van der Waals surface area contributed by atoms with Gasteiger partial charge in [0.15, 0.2) is 0 Å². The molecule has 0 radical (unpaired) electrons. The topological polar surface area (TPSA) is 12.5 Å². The minimum absolute atomic E-state index is 0.494. The largest absolute Gasteiger partial charge is 0.494 e. The highest BCUT2D eigenvalue weighted by Gasteiger charge is 2.25. The van der Waals surface area contributed by atoms with Crippen molar-refractivity contribution < 1.29 is 4.74 Å². The molecule has 1 aromatic carbocycles. The predicted molar refractivity (Wildman–Crippen MR) is 90.5 cm³/mol. The van der Waals surface area contributed by atoms with E-state index in [2.05, 4.69) is 24.8 Å². The average molecular weight is 310 g/mol. The lowest BCUT2D eigenvalue weighted by Gasteiger charge is -2.29. The van der Waals surface area contributed by atoms with Gasteiger partial charge in [-0.3, -0.25) is 0 Å². The van der Waals surface area contributed by atoms with E-state index in [9.17, 15) is 0 Å². The Morgan fingerprint density at radius 2 is 1.95 bits per heavy atom. The van der Waals surface area contributed by atoms with E-state index in [0.29, 0.717) is 18.4 Å². The second kappa shape index (κ2) is 8.05. The summed E-state index contributed by atoms with van der Waals surface area (Å²) in [6.07, 6.45) is 3.85. The molecule has 0 spiro atoms. The fourth-order valence-electron chi connectivity index (χ4n) is 3.21. The van der Waals surface area contributed by atoms with E-state index in [1.807, 2.05) is 19.1 Å². The van der Waals surface area contributed by atoms with Crippen molar-refractivity contribution in [2.24, 2.45) is 5.92 Å². The third-order valence-corrected chi connectivity index (χ3v) is 4.89. The zero-order valence-corrected chi connectivity index (χ0v) is 14.3. The quantitative estimate of drug-likeness (QED) is 0.705. The van der Waals surface area contributed by atoms with Gasteiger partial charge in [-0.25, -0.2) is 0 Å². The maximum absolute atomic E-state index is 6.26. The van der Waals surface area contributed by atoms with Crippen LogP contribution in [0.1, 0.15) is 51.5 Å². The Kier molecular flexibility index (Phi) is 6.38. The number of hydrogen-bond donors (Lipinski definition) is 0. The summed E-state index contributed by atoms with van der Waals surface area (Å²) in [6, 6.07) is 6.07. The molecular weight excluding hydrogens is 282 g/mol. The van der Waals surface area contributed by atoms with E-state index in [1.54, 1.807) is 0 Å². The summed E-state index contributed by atoms with van der Waals surface area (Å²) >= 11 is 6.26. The molecule has 1 aliphatic rings. The van der Waals surface area contributed by atoms with Crippen LogP contribution in [-0.4, -0.2) is 31.1 Å². The minimum Gasteiger partial charge on any atom is -0.494 e. The molecule has 21 heavy (non-hydrogen) atoms. The second-order valence-corrected chi connectivity index (χ2v) is 6.55. The molecule has 2 unspecified atom stereocenters. The van der Waals surface area contributed by atoms with Crippen LogP contribution < -0.4 is 4.74 Å². The lowest BCUT2D eigenvalue weighted by atomic mass is 9.84. The van der Waals surface area contributed by atoms with E-state index < -0.39 is 0 Å². The Balaban J connectivity index is 2.27. The van der Waals surface area contributed by atoms with Crippen LogP contribution in [0.15, 0.2) is 18.2 Å². The van der Waals surface area contributed by atoms with Crippen molar-refractivity contribution in [2.45, 2.75) is 46.0 Å². The molecule has 1 aromatic rings. The highest BCUT2D eigenvalue weighted by atomic mass is 35.5. The number of nitrogens with zero attached hydrogens (tertiary/aromatic N) is 1. The SMILES string of the molecule is CCOc1ccc(Cl)cc1C(CN1CCCC1)C(C)CC. The van der Waals surface area contributed by atoms with Crippen molar-refractivity contribution in [1.29, 1.82) is 0 Å². The standard InChI is InChI=1S/C18H28ClNO/c1-4-14(3)17(13-20-10-6-7-11-20)16-12-15(19)8-9-18(16)21-5-2/h8-9,12,14,17H,4-7,10-11,13H2,1-3H3. The van der Waals surface area contributed by atoms with E-state index >= 15 is 0 Å². The molecule has 2 rings (SSSR count). The molecule has 1 heterocycles. The van der Waals surface area contributed by atoms with Crippen molar-refractivity contribution in [3.8, 4) is 5.75 Å². The number of ether oxygens (including phenoxy) is 1. The Labute approximate surface area is 134 Å². The van der Waals surface area contributed by atoms with Crippen LogP contribution in [0.2, 0.25) is 5.02 Å². The lowest BCUT2D eigenvalue weighted by molar-refractivity contribution is 0.265. The van der Waals surface area contributed by atoms with E-state index in [1.165, 1.54) is 37.9 Å². The van der Waals surface area contributed by atoms with Gasteiger partial charge in [0.05, 0.1) is 6.61 Å². The molecule has 0 bridgehead atoms. The fourth-order valence-corrected chi connectivity index (χ4v) is 3.39. The summed E-state index contributed by atoms with van der Waals surface area (Å²) in [5, 5.41) is 0.808. The van der Waals surface area contributed by atoms with Gasteiger partial charge in [-0.2, -0.15) is 0 Å². The van der Waals surface area contributed by atoms with Gasteiger partial charge >= 0.3 is 0 Å². The smallest absolute Gasteiger partial charge is 0.122 e. The third-order valence-electron chi connectivity index (χ3n) is 4.66. The average Bonchev–Trinajstić information content (AvgIpc) is 2.99. The molecule has 118 valence electrons. The Morgan fingerprint density at radius 1 is 1.24 bits per heavy atom. The summed E-state index contributed by atoms with van der Waals surface area (Å²) in [7, 11) is 0. The van der Waals surface area contributed by atoms with E-state index in [-0.39, 0.29) is 0 Å². The second-order valence-electron chi connectivity index (χ2n) is 6.11. The molecule has 2 nitrogen and oxygen atoms in total. The highest BCUT2D eigenvalue weighted by molar-refractivity contribution is 6.30. The summed E-state index contributed by atoms with van der Waals surface area (Å²) in [5.41, 5.74) is 1.28. The van der Waals surface area contributed by atoms with Gasteiger partial charge in [-0.1, -0.05) is 31.9 Å². The molecule has 2 atom stereocenters. The van der Waals surface area contributed by atoms with Crippen LogP contribution in [0.5, 0.6) is 5.75 Å². The lowest BCUT2D eigenvalue weighted by Crippen LogP contribution is -2.29. The van der Waals surface area contributed by atoms with Gasteiger partial charge in [-0.05, 0) is 57.0 Å². The van der Waals surface area contributed by atoms with Gasteiger partial charge in [0, 0.05) is 23.0 Å². The Bertz CT molecular complexity index is 443. The molecule has 1 aliphatic heterocycles.